The van der Waals surface area contributed by atoms with Gasteiger partial charge in [-0.3, -0.25) is 4.79 Å². The molecule has 0 saturated carbocycles. The van der Waals surface area contributed by atoms with Crippen LogP contribution in [0.3, 0.4) is 0 Å². The number of rotatable bonds is 0. The molecule has 0 aromatic rings. The Labute approximate surface area is 84.0 Å². The Hall–Kier alpha value is -1.30. The molecule has 2 aliphatic rings. The first-order valence-corrected chi connectivity index (χ1v) is 5.05. The molecule has 0 fully saturated rings. The molecule has 3 nitrogen and oxygen atoms in total. The van der Waals surface area contributed by atoms with E-state index in [0.29, 0.717) is 0 Å². The van der Waals surface area contributed by atoms with Crippen molar-refractivity contribution < 1.29 is 4.79 Å². The maximum atomic E-state index is 11.2. The van der Waals surface area contributed by atoms with Gasteiger partial charge in [0.25, 0.3) is 0 Å². The van der Waals surface area contributed by atoms with Crippen molar-refractivity contribution in [2.45, 2.75) is 26.2 Å². The first-order valence-electron chi connectivity index (χ1n) is 5.05. The number of hydrogen-bond acceptors (Lipinski definition) is 2. The van der Waals surface area contributed by atoms with Crippen LogP contribution in [-0.2, 0) is 4.79 Å². The highest BCUT2D eigenvalue weighted by atomic mass is 16.2. The van der Waals surface area contributed by atoms with Gasteiger partial charge >= 0.3 is 0 Å². The van der Waals surface area contributed by atoms with Gasteiger partial charge in [-0.2, -0.15) is 5.26 Å². The smallest absolute Gasteiger partial charge is 0.220 e. The Morgan fingerprint density at radius 3 is 2.86 bits per heavy atom. The molecule has 1 amide bonds. The van der Waals surface area contributed by atoms with E-state index in [-0.39, 0.29) is 11.8 Å². The molecule has 14 heavy (non-hydrogen) atoms. The lowest BCUT2D eigenvalue weighted by Crippen LogP contribution is -2.26. The van der Waals surface area contributed by atoms with Gasteiger partial charge in [0, 0.05) is 20.0 Å². The highest BCUT2D eigenvalue weighted by molar-refractivity contribution is 5.74. The third kappa shape index (κ3) is 1.52. The van der Waals surface area contributed by atoms with Crippen LogP contribution in [0.1, 0.15) is 26.2 Å². The largest absolute Gasteiger partial charge is 0.335 e. The lowest BCUT2D eigenvalue weighted by Gasteiger charge is -2.16. The molecule has 3 heteroatoms. The zero-order valence-electron chi connectivity index (χ0n) is 8.42. The predicted molar refractivity (Wildman–Crippen MR) is 52.2 cm³/mol. The first-order chi connectivity index (χ1) is 6.70. The van der Waals surface area contributed by atoms with E-state index in [1.165, 1.54) is 11.1 Å². The number of carbonyl (C=O) groups is 1. The Morgan fingerprint density at radius 1 is 1.50 bits per heavy atom. The summed E-state index contributed by atoms with van der Waals surface area (Å²) in [5, 5.41) is 8.83. The Bertz CT molecular complexity index is 338. The average molecular weight is 190 g/mol. The van der Waals surface area contributed by atoms with Crippen LogP contribution in [0, 0.1) is 17.2 Å². The molecule has 1 atom stereocenters. The van der Waals surface area contributed by atoms with Crippen molar-refractivity contribution in [2.75, 3.05) is 13.1 Å². The van der Waals surface area contributed by atoms with E-state index in [1.807, 2.05) is 4.90 Å². The monoisotopic (exact) mass is 190 g/mol. The number of nitriles is 1. The van der Waals surface area contributed by atoms with Gasteiger partial charge in [0.05, 0.1) is 12.0 Å². The summed E-state index contributed by atoms with van der Waals surface area (Å²) in [4.78, 5) is 13.0. The predicted octanol–water partition coefficient (Wildman–Crippen LogP) is 1.47. The van der Waals surface area contributed by atoms with Crippen molar-refractivity contribution >= 4 is 5.91 Å². The fourth-order valence-corrected chi connectivity index (χ4v) is 2.29. The van der Waals surface area contributed by atoms with Gasteiger partial charge in [-0.05, 0) is 30.4 Å². The average Bonchev–Trinajstić information content (AvgIpc) is 2.59. The molecule has 1 unspecified atom stereocenters. The second-order valence-corrected chi connectivity index (χ2v) is 4.15. The van der Waals surface area contributed by atoms with E-state index in [0.717, 1.165) is 32.4 Å². The van der Waals surface area contributed by atoms with Crippen molar-refractivity contribution in [1.29, 1.82) is 5.26 Å². The molecule has 0 aromatic carbocycles. The molecule has 1 aliphatic heterocycles. The van der Waals surface area contributed by atoms with Gasteiger partial charge in [0.2, 0.25) is 5.91 Å². The number of hydrogen-bond donors (Lipinski definition) is 0. The molecular weight excluding hydrogens is 176 g/mol. The molecular formula is C11H14N2O. The fraction of sp³-hybridized carbons (Fsp3) is 0.636. The fourth-order valence-electron chi connectivity index (χ4n) is 2.29. The summed E-state index contributed by atoms with van der Waals surface area (Å²) >= 11 is 0. The van der Waals surface area contributed by atoms with Crippen LogP contribution in [0.4, 0.5) is 0 Å². The lowest BCUT2D eigenvalue weighted by atomic mass is 9.86. The van der Waals surface area contributed by atoms with Gasteiger partial charge in [0.15, 0.2) is 0 Å². The van der Waals surface area contributed by atoms with Crippen LogP contribution in [0.2, 0.25) is 0 Å². The topological polar surface area (TPSA) is 44.1 Å². The molecule has 0 bridgehead atoms. The zero-order chi connectivity index (χ0) is 10.1. The normalized spacial score (nSPS) is 26.0. The van der Waals surface area contributed by atoms with E-state index < -0.39 is 0 Å². The van der Waals surface area contributed by atoms with Crippen LogP contribution in [0.5, 0.6) is 0 Å². The maximum absolute atomic E-state index is 11.2. The lowest BCUT2D eigenvalue weighted by molar-refractivity contribution is -0.127. The van der Waals surface area contributed by atoms with Crippen molar-refractivity contribution in [3.8, 4) is 6.07 Å². The van der Waals surface area contributed by atoms with Crippen LogP contribution in [0.25, 0.3) is 0 Å². The summed E-state index contributed by atoms with van der Waals surface area (Å²) in [6.45, 7) is 3.19. The Kier molecular flexibility index (Phi) is 2.28. The van der Waals surface area contributed by atoms with Crippen molar-refractivity contribution in [3.63, 3.8) is 0 Å². The minimum atomic E-state index is 0.146. The second kappa shape index (κ2) is 3.45. The number of nitrogens with zero attached hydrogens (tertiary/aromatic N) is 2. The minimum Gasteiger partial charge on any atom is -0.335 e. The molecule has 2 rings (SSSR count). The third-order valence-corrected chi connectivity index (χ3v) is 3.18. The van der Waals surface area contributed by atoms with E-state index in [2.05, 4.69) is 6.07 Å². The van der Waals surface area contributed by atoms with Gasteiger partial charge in [0.1, 0.15) is 0 Å². The number of carbonyl (C=O) groups excluding carboxylic acids is 1. The van der Waals surface area contributed by atoms with Crippen LogP contribution in [-0.4, -0.2) is 23.9 Å². The number of amides is 1. The summed E-state index contributed by atoms with van der Waals surface area (Å²) in [5.41, 5.74) is 2.75. The summed E-state index contributed by atoms with van der Waals surface area (Å²) in [7, 11) is 0. The van der Waals surface area contributed by atoms with Crippen LogP contribution < -0.4 is 0 Å². The highest BCUT2D eigenvalue weighted by Gasteiger charge is 2.28. The van der Waals surface area contributed by atoms with E-state index in [4.69, 9.17) is 5.26 Å². The molecule has 0 aromatic heterocycles. The highest BCUT2D eigenvalue weighted by Crippen LogP contribution is 2.33. The SMILES string of the molecule is CC(=O)N1CC2=C(CC(C#N)CC2)C1. The molecule has 0 radical (unpaired) electrons. The molecule has 1 heterocycles. The summed E-state index contributed by atoms with van der Waals surface area (Å²) in [5.74, 6) is 0.327. The van der Waals surface area contributed by atoms with Gasteiger partial charge in [-0.25, -0.2) is 0 Å². The van der Waals surface area contributed by atoms with Crippen molar-refractivity contribution in [2.24, 2.45) is 5.92 Å². The zero-order valence-corrected chi connectivity index (χ0v) is 8.42. The standard InChI is InChI=1S/C11H14N2O/c1-8(14)13-6-10-3-2-9(5-12)4-11(10)7-13/h9H,2-4,6-7H2,1H3. The first kappa shape index (κ1) is 9.26. The molecule has 74 valence electrons. The summed E-state index contributed by atoms with van der Waals surface area (Å²) < 4.78 is 0. The Morgan fingerprint density at radius 2 is 2.21 bits per heavy atom. The van der Waals surface area contributed by atoms with Crippen molar-refractivity contribution in [3.05, 3.63) is 11.1 Å². The minimum absolute atomic E-state index is 0.146. The van der Waals surface area contributed by atoms with Gasteiger partial charge in [-0.15, -0.1) is 0 Å². The maximum Gasteiger partial charge on any atom is 0.220 e. The Balaban J connectivity index is 2.07. The quantitative estimate of drug-likeness (QED) is 0.543. The van der Waals surface area contributed by atoms with E-state index in [9.17, 15) is 4.79 Å². The van der Waals surface area contributed by atoms with Gasteiger partial charge in [-0.1, -0.05) is 0 Å². The van der Waals surface area contributed by atoms with Gasteiger partial charge < -0.3 is 4.90 Å². The van der Waals surface area contributed by atoms with Crippen molar-refractivity contribution in [1.82, 2.24) is 4.90 Å². The van der Waals surface area contributed by atoms with E-state index in [1.54, 1.807) is 6.92 Å². The van der Waals surface area contributed by atoms with Crippen LogP contribution in [0.15, 0.2) is 11.1 Å². The molecule has 0 spiro atoms. The molecule has 0 saturated heterocycles. The van der Waals surface area contributed by atoms with Crippen LogP contribution >= 0.6 is 0 Å². The molecule has 0 N–H and O–H groups in total. The summed E-state index contributed by atoms with van der Waals surface area (Å²) in [6, 6.07) is 2.32. The third-order valence-electron chi connectivity index (χ3n) is 3.18. The summed E-state index contributed by atoms with van der Waals surface area (Å²) in [6.07, 6.45) is 2.87. The van der Waals surface area contributed by atoms with E-state index >= 15 is 0 Å². The second-order valence-electron chi connectivity index (χ2n) is 4.15. The molecule has 1 aliphatic carbocycles.